The number of rotatable bonds is 4. The van der Waals surface area contributed by atoms with Crippen molar-refractivity contribution in [3.05, 3.63) is 28.7 Å². The number of thioether (sulfide) groups is 1. The van der Waals surface area contributed by atoms with Gasteiger partial charge in [-0.05, 0) is 43.0 Å². The summed E-state index contributed by atoms with van der Waals surface area (Å²) < 4.78 is 1.02. The van der Waals surface area contributed by atoms with Crippen LogP contribution < -0.4 is 0 Å². The van der Waals surface area contributed by atoms with E-state index in [9.17, 15) is 9.90 Å². The minimum absolute atomic E-state index is 0.300. The van der Waals surface area contributed by atoms with Crippen LogP contribution in [0.4, 0.5) is 0 Å². The third kappa shape index (κ3) is 3.75. The van der Waals surface area contributed by atoms with Crippen LogP contribution in [0.3, 0.4) is 0 Å². The molecule has 0 heterocycles. The molecule has 1 aliphatic carbocycles. The number of hydrogen-bond donors (Lipinski definition) is 1. The Kier molecular flexibility index (Phi) is 5.13. The first-order chi connectivity index (χ1) is 8.66. The molecule has 0 bridgehead atoms. The zero-order valence-electron chi connectivity index (χ0n) is 10.1. The first-order valence-electron chi connectivity index (χ1n) is 6.32. The highest BCUT2D eigenvalue weighted by atomic mass is 79.9. The van der Waals surface area contributed by atoms with Gasteiger partial charge in [-0.25, -0.2) is 0 Å². The van der Waals surface area contributed by atoms with E-state index in [2.05, 4.69) is 15.9 Å². The molecule has 0 amide bonds. The van der Waals surface area contributed by atoms with Crippen molar-refractivity contribution in [3.63, 3.8) is 0 Å². The third-order valence-corrected chi connectivity index (χ3v) is 5.31. The highest BCUT2D eigenvalue weighted by Crippen LogP contribution is 2.36. The van der Waals surface area contributed by atoms with Crippen molar-refractivity contribution in [2.75, 3.05) is 0 Å². The monoisotopic (exact) mass is 328 g/mol. The normalized spacial score (nSPS) is 18.5. The van der Waals surface area contributed by atoms with E-state index in [-0.39, 0.29) is 5.25 Å². The van der Waals surface area contributed by atoms with Crippen LogP contribution in [0.1, 0.15) is 32.1 Å². The van der Waals surface area contributed by atoms with Crippen molar-refractivity contribution in [1.82, 2.24) is 0 Å². The van der Waals surface area contributed by atoms with Crippen LogP contribution >= 0.6 is 27.7 Å². The van der Waals surface area contributed by atoms with Gasteiger partial charge in [-0.3, -0.25) is 4.79 Å². The zero-order chi connectivity index (χ0) is 13.0. The third-order valence-electron chi connectivity index (χ3n) is 3.40. The number of hydrogen-bond acceptors (Lipinski definition) is 2. The van der Waals surface area contributed by atoms with Crippen molar-refractivity contribution < 1.29 is 9.90 Å². The van der Waals surface area contributed by atoms with Crippen molar-refractivity contribution in [1.29, 1.82) is 0 Å². The van der Waals surface area contributed by atoms with E-state index in [4.69, 9.17) is 0 Å². The van der Waals surface area contributed by atoms with Gasteiger partial charge in [-0.1, -0.05) is 35.2 Å². The maximum Gasteiger partial charge on any atom is 0.317 e. The second-order valence-electron chi connectivity index (χ2n) is 4.73. The number of carboxylic acid groups (broad SMARTS) is 1. The number of carbonyl (C=O) groups is 1. The molecule has 1 aromatic rings. The van der Waals surface area contributed by atoms with E-state index in [0.717, 1.165) is 22.2 Å². The van der Waals surface area contributed by atoms with Gasteiger partial charge in [0.05, 0.1) is 0 Å². The second kappa shape index (κ2) is 6.62. The fourth-order valence-corrected chi connectivity index (χ4v) is 3.86. The van der Waals surface area contributed by atoms with E-state index in [0.29, 0.717) is 5.92 Å². The van der Waals surface area contributed by atoms with Crippen LogP contribution in [-0.4, -0.2) is 16.3 Å². The lowest BCUT2D eigenvalue weighted by Gasteiger charge is -2.27. The molecule has 0 radical (unpaired) electrons. The summed E-state index contributed by atoms with van der Waals surface area (Å²) in [6.07, 6.45) is 5.72. The maximum absolute atomic E-state index is 11.4. The summed E-state index contributed by atoms with van der Waals surface area (Å²) in [5, 5.41) is 9.11. The minimum atomic E-state index is -0.671. The van der Waals surface area contributed by atoms with E-state index in [1.54, 1.807) is 0 Å². The van der Waals surface area contributed by atoms with Crippen molar-refractivity contribution >= 4 is 33.7 Å². The average molecular weight is 329 g/mol. The molecule has 1 aliphatic rings. The molecule has 2 nitrogen and oxygen atoms in total. The summed E-state index contributed by atoms with van der Waals surface area (Å²) in [5.74, 6) is -0.347. The minimum Gasteiger partial charge on any atom is -0.480 e. The van der Waals surface area contributed by atoms with Gasteiger partial charge in [0, 0.05) is 9.37 Å². The van der Waals surface area contributed by atoms with Gasteiger partial charge in [0.25, 0.3) is 0 Å². The van der Waals surface area contributed by atoms with Crippen molar-refractivity contribution in [2.45, 2.75) is 42.2 Å². The molecule has 1 saturated carbocycles. The SMILES string of the molecule is O=C(O)C(Sc1ccc(Br)cc1)C1CCCCC1. The Hall–Kier alpha value is -0.480. The molecular weight excluding hydrogens is 312 g/mol. The standard InChI is InChI=1S/C14H17BrO2S/c15-11-6-8-12(9-7-11)18-13(14(16)17)10-4-2-1-3-5-10/h6-10,13H,1-5H2,(H,16,17). The molecular formula is C14H17BrO2S. The van der Waals surface area contributed by atoms with Crippen LogP contribution in [0.15, 0.2) is 33.6 Å². The number of benzene rings is 1. The molecule has 1 unspecified atom stereocenters. The molecule has 2 rings (SSSR count). The second-order valence-corrected chi connectivity index (χ2v) is 6.86. The van der Waals surface area contributed by atoms with Crippen LogP contribution in [0.25, 0.3) is 0 Å². The van der Waals surface area contributed by atoms with Gasteiger partial charge in [0.2, 0.25) is 0 Å². The van der Waals surface area contributed by atoms with Gasteiger partial charge in [-0.15, -0.1) is 11.8 Å². The van der Waals surface area contributed by atoms with Crippen LogP contribution in [0.2, 0.25) is 0 Å². The highest BCUT2D eigenvalue weighted by molar-refractivity contribution is 9.10. The van der Waals surface area contributed by atoms with Crippen molar-refractivity contribution in [3.8, 4) is 0 Å². The summed E-state index contributed by atoms with van der Waals surface area (Å²) in [5.41, 5.74) is 0. The van der Waals surface area contributed by atoms with Gasteiger partial charge < -0.3 is 5.11 Å². The van der Waals surface area contributed by atoms with E-state index in [1.807, 2.05) is 24.3 Å². The number of aliphatic carboxylic acids is 1. The Morgan fingerprint density at radius 3 is 2.39 bits per heavy atom. The molecule has 0 aromatic heterocycles. The predicted molar refractivity (Wildman–Crippen MR) is 78.0 cm³/mol. The Labute approximate surface area is 120 Å². The largest absolute Gasteiger partial charge is 0.480 e. The van der Waals surface area contributed by atoms with Crippen LogP contribution in [0, 0.1) is 5.92 Å². The zero-order valence-corrected chi connectivity index (χ0v) is 12.5. The molecule has 1 N–H and O–H groups in total. The summed E-state index contributed by atoms with van der Waals surface area (Å²) in [4.78, 5) is 12.5. The Morgan fingerprint density at radius 2 is 1.83 bits per heavy atom. The predicted octanol–water partition coefficient (Wildman–Crippen LogP) is 4.57. The molecule has 1 fully saturated rings. The molecule has 1 aromatic carbocycles. The first kappa shape index (κ1) is 13.9. The quantitative estimate of drug-likeness (QED) is 0.822. The van der Waals surface area contributed by atoms with Gasteiger partial charge in [0.15, 0.2) is 0 Å². The van der Waals surface area contributed by atoms with E-state index < -0.39 is 5.97 Å². The Balaban J connectivity index is 2.05. The number of carboxylic acids is 1. The van der Waals surface area contributed by atoms with E-state index in [1.165, 1.54) is 31.0 Å². The summed E-state index contributed by atoms with van der Waals surface area (Å²) in [6.45, 7) is 0. The number of halogens is 1. The fraction of sp³-hybridized carbons (Fsp3) is 0.500. The first-order valence-corrected chi connectivity index (χ1v) is 7.99. The lowest BCUT2D eigenvalue weighted by Crippen LogP contribution is -2.28. The van der Waals surface area contributed by atoms with Gasteiger partial charge in [0.1, 0.15) is 5.25 Å². The van der Waals surface area contributed by atoms with Crippen LogP contribution in [-0.2, 0) is 4.79 Å². The van der Waals surface area contributed by atoms with Crippen LogP contribution in [0.5, 0.6) is 0 Å². The lowest BCUT2D eigenvalue weighted by atomic mass is 9.87. The Bertz CT molecular complexity index is 399. The summed E-state index contributed by atoms with van der Waals surface area (Å²) in [6, 6.07) is 7.88. The van der Waals surface area contributed by atoms with Gasteiger partial charge >= 0.3 is 5.97 Å². The van der Waals surface area contributed by atoms with Crippen molar-refractivity contribution in [2.24, 2.45) is 5.92 Å². The van der Waals surface area contributed by atoms with Gasteiger partial charge in [-0.2, -0.15) is 0 Å². The molecule has 0 saturated heterocycles. The molecule has 18 heavy (non-hydrogen) atoms. The lowest BCUT2D eigenvalue weighted by molar-refractivity contribution is -0.137. The molecule has 98 valence electrons. The Morgan fingerprint density at radius 1 is 1.22 bits per heavy atom. The molecule has 0 spiro atoms. The molecule has 1 atom stereocenters. The van der Waals surface area contributed by atoms with E-state index >= 15 is 0 Å². The summed E-state index contributed by atoms with van der Waals surface area (Å²) >= 11 is 4.88. The topological polar surface area (TPSA) is 37.3 Å². The fourth-order valence-electron chi connectivity index (χ4n) is 2.44. The summed E-state index contributed by atoms with van der Waals surface area (Å²) in [7, 11) is 0. The smallest absolute Gasteiger partial charge is 0.317 e. The average Bonchev–Trinajstić information content (AvgIpc) is 2.38. The highest BCUT2D eigenvalue weighted by Gasteiger charge is 2.30. The molecule has 4 heteroatoms. The maximum atomic E-state index is 11.4. The molecule has 0 aliphatic heterocycles.